The molecule has 0 bridgehead atoms. The van der Waals surface area contributed by atoms with Gasteiger partial charge in [-0.25, -0.2) is 4.98 Å². The average Bonchev–Trinajstić information content (AvgIpc) is 3.28. The highest BCUT2D eigenvalue weighted by Crippen LogP contribution is 2.27. The summed E-state index contributed by atoms with van der Waals surface area (Å²) in [6, 6.07) is 5.62. The zero-order valence-electron chi connectivity index (χ0n) is 12.8. The van der Waals surface area contributed by atoms with E-state index in [1.54, 1.807) is 17.6 Å². The van der Waals surface area contributed by atoms with Crippen molar-refractivity contribution in [2.75, 3.05) is 19.7 Å². The van der Waals surface area contributed by atoms with Crippen molar-refractivity contribution in [2.45, 2.75) is 19.6 Å². The molecule has 1 atom stereocenters. The van der Waals surface area contributed by atoms with Gasteiger partial charge in [-0.1, -0.05) is 5.16 Å². The summed E-state index contributed by atoms with van der Waals surface area (Å²) in [5.74, 6) is 1.35. The molecule has 7 heteroatoms. The number of ether oxygens (including phenoxy) is 1. The van der Waals surface area contributed by atoms with E-state index in [2.05, 4.69) is 20.4 Å². The largest absolute Gasteiger partial charge is 0.461 e. The summed E-state index contributed by atoms with van der Waals surface area (Å²) in [7, 11) is 0. The second kappa shape index (κ2) is 6.27. The van der Waals surface area contributed by atoms with Crippen LogP contribution in [0, 0.1) is 6.92 Å². The molecule has 0 saturated carbocycles. The van der Waals surface area contributed by atoms with Gasteiger partial charge in [0.25, 0.3) is 0 Å². The number of nitrogens with zero attached hydrogens (tertiary/aromatic N) is 3. The third-order valence-electron chi connectivity index (χ3n) is 3.77. The minimum atomic E-state index is 0.0406. The Kier molecular flexibility index (Phi) is 3.99. The van der Waals surface area contributed by atoms with Crippen LogP contribution in [0.25, 0.3) is 11.5 Å². The molecule has 4 rings (SSSR count). The molecule has 6 nitrogen and oxygen atoms in total. The maximum absolute atomic E-state index is 5.86. The summed E-state index contributed by atoms with van der Waals surface area (Å²) >= 11 is 1.66. The lowest BCUT2D eigenvalue weighted by Gasteiger charge is -2.31. The van der Waals surface area contributed by atoms with E-state index >= 15 is 0 Å². The van der Waals surface area contributed by atoms with E-state index in [9.17, 15) is 0 Å². The normalized spacial score (nSPS) is 19.3. The van der Waals surface area contributed by atoms with Crippen LogP contribution in [-0.4, -0.2) is 34.7 Å². The summed E-state index contributed by atoms with van der Waals surface area (Å²) in [6.45, 7) is 5.13. The van der Waals surface area contributed by atoms with Gasteiger partial charge in [0.1, 0.15) is 11.1 Å². The maximum Gasteiger partial charge on any atom is 0.202 e. The van der Waals surface area contributed by atoms with Crippen LogP contribution < -0.4 is 0 Å². The van der Waals surface area contributed by atoms with Gasteiger partial charge in [-0.05, 0) is 19.1 Å². The first-order valence-corrected chi connectivity index (χ1v) is 8.41. The van der Waals surface area contributed by atoms with Crippen LogP contribution in [0.4, 0.5) is 0 Å². The molecular weight excluding hydrogens is 314 g/mol. The van der Waals surface area contributed by atoms with Crippen LogP contribution in [0.5, 0.6) is 0 Å². The molecule has 120 valence electrons. The van der Waals surface area contributed by atoms with Crippen molar-refractivity contribution in [3.63, 3.8) is 0 Å². The van der Waals surface area contributed by atoms with Gasteiger partial charge in [0.2, 0.25) is 5.76 Å². The van der Waals surface area contributed by atoms with Crippen LogP contribution in [0.15, 0.2) is 38.8 Å². The van der Waals surface area contributed by atoms with Gasteiger partial charge in [0.05, 0.1) is 18.6 Å². The van der Waals surface area contributed by atoms with Crippen molar-refractivity contribution >= 4 is 11.3 Å². The standard InChI is InChI=1S/C16H17N3O3S/c1-11-10-23-16(17-11)15-9-19(4-6-21-15)8-12-7-14(22-18-12)13-3-2-5-20-13/h2-3,5,7,10,15H,4,6,8-9H2,1H3/t15-/m0/s1. The zero-order chi connectivity index (χ0) is 15.6. The van der Waals surface area contributed by atoms with Gasteiger partial charge in [0, 0.05) is 36.8 Å². The minimum Gasteiger partial charge on any atom is -0.461 e. The SMILES string of the molecule is Cc1csc([C@@H]2CN(Cc3cc(-c4ccco4)on3)CCO2)n1. The Morgan fingerprint density at radius 3 is 3.13 bits per heavy atom. The fourth-order valence-corrected chi connectivity index (χ4v) is 3.50. The Balaban J connectivity index is 1.42. The van der Waals surface area contributed by atoms with Crippen LogP contribution in [0.1, 0.15) is 22.5 Å². The number of aryl methyl sites for hydroxylation is 1. The van der Waals surface area contributed by atoms with Crippen molar-refractivity contribution in [1.29, 1.82) is 0 Å². The maximum atomic E-state index is 5.86. The molecule has 4 heterocycles. The molecule has 1 fully saturated rings. The summed E-state index contributed by atoms with van der Waals surface area (Å²) in [5, 5.41) is 7.24. The minimum absolute atomic E-state index is 0.0406. The average molecular weight is 331 g/mol. The molecule has 0 unspecified atom stereocenters. The van der Waals surface area contributed by atoms with Crippen molar-refractivity contribution in [3.8, 4) is 11.5 Å². The van der Waals surface area contributed by atoms with Gasteiger partial charge in [-0.15, -0.1) is 11.3 Å². The number of morpholine rings is 1. The van der Waals surface area contributed by atoms with Crippen LogP contribution in [0.2, 0.25) is 0 Å². The molecule has 1 aliphatic heterocycles. The summed E-state index contributed by atoms with van der Waals surface area (Å²) in [4.78, 5) is 6.85. The van der Waals surface area contributed by atoms with E-state index in [1.807, 2.05) is 25.1 Å². The molecule has 23 heavy (non-hydrogen) atoms. The monoisotopic (exact) mass is 331 g/mol. The Bertz CT molecular complexity index is 765. The van der Waals surface area contributed by atoms with E-state index in [0.717, 1.165) is 36.0 Å². The highest BCUT2D eigenvalue weighted by Gasteiger charge is 2.25. The van der Waals surface area contributed by atoms with E-state index in [0.29, 0.717) is 18.1 Å². The Morgan fingerprint density at radius 2 is 2.35 bits per heavy atom. The number of rotatable bonds is 4. The van der Waals surface area contributed by atoms with Gasteiger partial charge >= 0.3 is 0 Å². The Labute approximate surface area is 137 Å². The molecule has 3 aromatic heterocycles. The van der Waals surface area contributed by atoms with Gasteiger partial charge in [0.15, 0.2) is 5.76 Å². The van der Waals surface area contributed by atoms with Crippen LogP contribution >= 0.6 is 11.3 Å². The first-order valence-electron chi connectivity index (χ1n) is 7.53. The van der Waals surface area contributed by atoms with Gasteiger partial charge in [-0.2, -0.15) is 0 Å². The third kappa shape index (κ3) is 3.21. The van der Waals surface area contributed by atoms with Gasteiger partial charge in [-0.3, -0.25) is 4.90 Å². The highest BCUT2D eigenvalue weighted by atomic mass is 32.1. The van der Waals surface area contributed by atoms with Crippen molar-refractivity contribution in [2.24, 2.45) is 0 Å². The molecule has 0 amide bonds. The Morgan fingerprint density at radius 1 is 1.39 bits per heavy atom. The lowest BCUT2D eigenvalue weighted by molar-refractivity contribution is -0.0336. The fourth-order valence-electron chi connectivity index (χ4n) is 2.67. The predicted molar refractivity (Wildman–Crippen MR) is 85.0 cm³/mol. The van der Waals surface area contributed by atoms with Crippen LogP contribution in [-0.2, 0) is 11.3 Å². The predicted octanol–water partition coefficient (Wildman–Crippen LogP) is 3.27. The zero-order valence-corrected chi connectivity index (χ0v) is 13.6. The molecule has 0 N–H and O–H groups in total. The van der Waals surface area contributed by atoms with Crippen molar-refractivity contribution in [1.82, 2.24) is 15.0 Å². The molecule has 0 aliphatic carbocycles. The van der Waals surface area contributed by atoms with E-state index in [-0.39, 0.29) is 6.10 Å². The molecule has 1 aliphatic rings. The molecule has 0 radical (unpaired) electrons. The smallest absolute Gasteiger partial charge is 0.202 e. The summed E-state index contributed by atoms with van der Waals surface area (Å²) in [6.07, 6.45) is 1.67. The second-order valence-electron chi connectivity index (χ2n) is 5.58. The molecule has 0 aromatic carbocycles. The topological polar surface area (TPSA) is 64.5 Å². The summed E-state index contributed by atoms with van der Waals surface area (Å²) < 4.78 is 16.5. The quantitative estimate of drug-likeness (QED) is 0.731. The van der Waals surface area contributed by atoms with Gasteiger partial charge < -0.3 is 13.7 Å². The number of thiazole rings is 1. The Hall–Kier alpha value is -1.96. The first kappa shape index (κ1) is 14.6. The molecular formula is C16H17N3O3S. The van der Waals surface area contributed by atoms with E-state index in [1.165, 1.54) is 0 Å². The van der Waals surface area contributed by atoms with Crippen molar-refractivity contribution in [3.05, 3.63) is 46.2 Å². The number of furan rings is 1. The first-order chi connectivity index (χ1) is 11.3. The molecule has 3 aromatic rings. The number of hydrogen-bond acceptors (Lipinski definition) is 7. The lowest BCUT2D eigenvalue weighted by atomic mass is 10.2. The molecule has 1 saturated heterocycles. The molecule has 0 spiro atoms. The number of hydrogen-bond donors (Lipinski definition) is 0. The fraction of sp³-hybridized carbons (Fsp3) is 0.375. The van der Waals surface area contributed by atoms with Crippen molar-refractivity contribution < 1.29 is 13.7 Å². The second-order valence-corrected chi connectivity index (χ2v) is 6.47. The third-order valence-corrected chi connectivity index (χ3v) is 4.83. The summed E-state index contributed by atoms with van der Waals surface area (Å²) in [5.41, 5.74) is 1.94. The van der Waals surface area contributed by atoms with E-state index in [4.69, 9.17) is 13.7 Å². The lowest BCUT2D eigenvalue weighted by Crippen LogP contribution is -2.37. The number of aromatic nitrogens is 2. The van der Waals surface area contributed by atoms with Crippen LogP contribution in [0.3, 0.4) is 0 Å². The van der Waals surface area contributed by atoms with E-state index < -0.39 is 0 Å². The highest BCUT2D eigenvalue weighted by molar-refractivity contribution is 7.09.